The summed E-state index contributed by atoms with van der Waals surface area (Å²) < 4.78 is 88.5. The zero-order chi connectivity index (χ0) is 21.4. The number of hydrogen-bond acceptors (Lipinski definition) is 6. The standard InChI is InChI=1S/C15H11ClF4N4O4S/c1-27-13-9(28-15(19,20)6-17)4-22-14(23-13)24-29(25,26)10-5-21-12-7(10)2-3-8(16)11(12)18/h2-5,21H,6H2,1H3,(H,22,23,24). The van der Waals surface area contributed by atoms with Crippen LogP contribution in [-0.4, -0.2) is 43.3 Å². The second-order valence-electron chi connectivity index (χ2n) is 5.48. The normalized spacial score (nSPS) is 12.2. The Morgan fingerprint density at radius 2 is 2.07 bits per heavy atom. The van der Waals surface area contributed by atoms with E-state index in [9.17, 15) is 26.0 Å². The third-order valence-corrected chi connectivity index (χ3v) is 5.21. The van der Waals surface area contributed by atoms with Crippen molar-refractivity contribution in [2.45, 2.75) is 11.0 Å². The number of anilines is 1. The molecule has 0 atom stereocenters. The summed E-state index contributed by atoms with van der Waals surface area (Å²) in [6, 6.07) is 2.48. The average molecular weight is 455 g/mol. The van der Waals surface area contributed by atoms with E-state index in [4.69, 9.17) is 16.3 Å². The highest BCUT2D eigenvalue weighted by atomic mass is 35.5. The van der Waals surface area contributed by atoms with Gasteiger partial charge in [0.25, 0.3) is 15.9 Å². The Balaban J connectivity index is 1.94. The Morgan fingerprint density at radius 3 is 2.72 bits per heavy atom. The van der Waals surface area contributed by atoms with Gasteiger partial charge < -0.3 is 14.5 Å². The molecule has 29 heavy (non-hydrogen) atoms. The number of nitrogens with one attached hydrogen (secondary N) is 2. The predicted octanol–water partition coefficient (Wildman–Crippen LogP) is 3.50. The van der Waals surface area contributed by atoms with Crippen LogP contribution in [0.2, 0.25) is 5.02 Å². The van der Waals surface area contributed by atoms with Crippen molar-refractivity contribution in [1.29, 1.82) is 0 Å². The van der Waals surface area contributed by atoms with E-state index in [2.05, 4.69) is 19.7 Å². The van der Waals surface area contributed by atoms with Gasteiger partial charge in [-0.25, -0.2) is 26.9 Å². The van der Waals surface area contributed by atoms with Gasteiger partial charge in [-0.1, -0.05) is 11.6 Å². The van der Waals surface area contributed by atoms with Crippen molar-refractivity contribution in [1.82, 2.24) is 15.0 Å². The molecule has 2 aromatic heterocycles. The van der Waals surface area contributed by atoms with Crippen molar-refractivity contribution in [3.63, 3.8) is 0 Å². The first-order valence-electron chi connectivity index (χ1n) is 7.59. The van der Waals surface area contributed by atoms with Gasteiger partial charge in [-0.3, -0.25) is 0 Å². The van der Waals surface area contributed by atoms with Gasteiger partial charge in [0.2, 0.25) is 11.7 Å². The second kappa shape index (κ2) is 7.55. The molecule has 0 aliphatic rings. The number of sulfonamides is 1. The minimum atomic E-state index is -4.32. The van der Waals surface area contributed by atoms with Gasteiger partial charge >= 0.3 is 6.11 Å². The molecule has 0 radical (unpaired) electrons. The zero-order valence-corrected chi connectivity index (χ0v) is 15.9. The van der Waals surface area contributed by atoms with Crippen molar-refractivity contribution < 1.29 is 35.5 Å². The molecule has 0 amide bonds. The Kier molecular flexibility index (Phi) is 5.45. The molecule has 1 aromatic carbocycles. The molecule has 0 saturated heterocycles. The number of nitrogens with zero attached hydrogens (tertiary/aromatic N) is 2. The lowest BCUT2D eigenvalue weighted by molar-refractivity contribution is -0.187. The van der Waals surface area contributed by atoms with Crippen LogP contribution in [0.3, 0.4) is 0 Å². The topological polar surface area (TPSA) is 106 Å². The fourth-order valence-corrected chi connectivity index (χ4v) is 3.60. The lowest BCUT2D eigenvalue weighted by Gasteiger charge is -2.16. The van der Waals surface area contributed by atoms with E-state index in [1.807, 2.05) is 4.72 Å². The third kappa shape index (κ3) is 4.15. The fourth-order valence-electron chi connectivity index (χ4n) is 2.32. The lowest BCUT2D eigenvalue weighted by Crippen LogP contribution is -2.27. The third-order valence-electron chi connectivity index (χ3n) is 3.55. The Bertz CT molecular complexity index is 1170. The fraction of sp³-hybridized carbons (Fsp3) is 0.200. The number of aromatic amines is 1. The Labute approximate surface area is 165 Å². The van der Waals surface area contributed by atoms with Crippen molar-refractivity contribution in [2.75, 3.05) is 18.5 Å². The largest absolute Gasteiger partial charge is 0.478 e. The van der Waals surface area contributed by atoms with E-state index in [1.165, 1.54) is 12.1 Å². The molecule has 0 aliphatic heterocycles. The van der Waals surface area contributed by atoms with Gasteiger partial charge in [0, 0.05) is 11.6 Å². The molecule has 2 N–H and O–H groups in total. The van der Waals surface area contributed by atoms with Crippen molar-refractivity contribution in [2.24, 2.45) is 0 Å². The quantitative estimate of drug-likeness (QED) is 0.529. The van der Waals surface area contributed by atoms with E-state index in [0.717, 1.165) is 13.3 Å². The highest BCUT2D eigenvalue weighted by molar-refractivity contribution is 7.93. The van der Waals surface area contributed by atoms with Crippen LogP contribution < -0.4 is 14.2 Å². The lowest BCUT2D eigenvalue weighted by atomic mass is 10.2. The molecule has 0 spiro atoms. The molecule has 3 aromatic rings. The maximum Gasteiger partial charge on any atom is 0.427 e. The number of methoxy groups -OCH3 is 1. The zero-order valence-electron chi connectivity index (χ0n) is 14.3. The summed E-state index contributed by atoms with van der Waals surface area (Å²) in [4.78, 5) is 9.28. The maximum atomic E-state index is 14.0. The number of halogens is 5. The number of hydrogen-bond donors (Lipinski definition) is 2. The van der Waals surface area contributed by atoms with Gasteiger partial charge in [0.15, 0.2) is 12.5 Å². The van der Waals surface area contributed by atoms with Gasteiger partial charge in [-0.05, 0) is 12.1 Å². The van der Waals surface area contributed by atoms with E-state index in [0.29, 0.717) is 6.20 Å². The first-order valence-corrected chi connectivity index (χ1v) is 9.46. The van der Waals surface area contributed by atoms with E-state index in [1.54, 1.807) is 0 Å². The molecule has 156 valence electrons. The Morgan fingerprint density at radius 1 is 1.34 bits per heavy atom. The molecule has 0 saturated carbocycles. The summed E-state index contributed by atoms with van der Waals surface area (Å²) in [6.07, 6.45) is -2.43. The highest BCUT2D eigenvalue weighted by Crippen LogP contribution is 2.32. The number of ether oxygens (including phenoxy) is 2. The minimum Gasteiger partial charge on any atom is -0.478 e. The summed E-state index contributed by atoms with van der Waals surface area (Å²) in [5.74, 6) is -2.66. The van der Waals surface area contributed by atoms with Gasteiger partial charge in [0.05, 0.1) is 23.8 Å². The van der Waals surface area contributed by atoms with Crippen LogP contribution in [0.25, 0.3) is 10.9 Å². The number of benzene rings is 1. The number of H-pyrrole nitrogens is 1. The highest BCUT2D eigenvalue weighted by Gasteiger charge is 2.33. The smallest absolute Gasteiger partial charge is 0.427 e. The van der Waals surface area contributed by atoms with Gasteiger partial charge in [0.1, 0.15) is 4.90 Å². The molecule has 0 aliphatic carbocycles. The van der Waals surface area contributed by atoms with Crippen LogP contribution in [-0.2, 0) is 10.0 Å². The first-order chi connectivity index (χ1) is 13.6. The molecule has 0 fully saturated rings. The van der Waals surface area contributed by atoms with Crippen LogP contribution in [0.15, 0.2) is 29.4 Å². The minimum absolute atomic E-state index is 0.00825. The molecule has 0 bridgehead atoms. The summed E-state index contributed by atoms with van der Waals surface area (Å²) in [5, 5.41) is -0.195. The molecule has 14 heteroatoms. The number of aromatic nitrogens is 3. The molecule has 0 unspecified atom stereocenters. The number of alkyl halides is 3. The van der Waals surface area contributed by atoms with E-state index >= 15 is 0 Å². The number of fused-ring (bicyclic) bond motifs is 1. The predicted molar refractivity (Wildman–Crippen MR) is 94.2 cm³/mol. The SMILES string of the molecule is COc1nc(NS(=O)(=O)c2c[nH]c3c(F)c(Cl)ccc23)ncc1OC(F)(F)CF. The van der Waals surface area contributed by atoms with Crippen LogP contribution in [0, 0.1) is 5.82 Å². The monoisotopic (exact) mass is 454 g/mol. The van der Waals surface area contributed by atoms with Gasteiger partial charge in [-0.2, -0.15) is 13.8 Å². The summed E-state index contributed by atoms with van der Waals surface area (Å²) in [7, 11) is -3.28. The van der Waals surface area contributed by atoms with E-state index in [-0.39, 0.29) is 20.8 Å². The second-order valence-corrected chi connectivity index (χ2v) is 7.54. The van der Waals surface area contributed by atoms with Crippen LogP contribution in [0.1, 0.15) is 0 Å². The van der Waals surface area contributed by atoms with Crippen molar-refractivity contribution in [3.8, 4) is 11.6 Å². The Hall–Kier alpha value is -2.80. The molecule has 3 rings (SSSR count). The van der Waals surface area contributed by atoms with Gasteiger partial charge in [-0.15, -0.1) is 0 Å². The van der Waals surface area contributed by atoms with Crippen LogP contribution in [0.4, 0.5) is 23.5 Å². The maximum absolute atomic E-state index is 14.0. The van der Waals surface area contributed by atoms with E-state index < -0.39 is 46.2 Å². The van der Waals surface area contributed by atoms with Crippen LogP contribution in [0.5, 0.6) is 11.6 Å². The summed E-state index contributed by atoms with van der Waals surface area (Å²) in [5.41, 5.74) is -0.131. The number of rotatable bonds is 7. The van der Waals surface area contributed by atoms with Crippen molar-refractivity contribution in [3.05, 3.63) is 35.4 Å². The average Bonchev–Trinajstić information content (AvgIpc) is 3.11. The summed E-state index contributed by atoms with van der Waals surface area (Å²) >= 11 is 5.66. The first kappa shape index (κ1) is 20.9. The molecule has 8 nitrogen and oxygen atoms in total. The van der Waals surface area contributed by atoms with Crippen LogP contribution >= 0.6 is 11.6 Å². The molecular weight excluding hydrogens is 444 g/mol. The summed E-state index contributed by atoms with van der Waals surface area (Å²) in [6.45, 7) is -2.11. The van der Waals surface area contributed by atoms with Crippen molar-refractivity contribution >= 4 is 38.5 Å². The molecular formula is C15H11ClF4N4O4S. The molecule has 2 heterocycles.